The van der Waals surface area contributed by atoms with Crippen molar-refractivity contribution in [2.24, 2.45) is 14.1 Å². The highest BCUT2D eigenvalue weighted by Gasteiger charge is 2.18. The highest BCUT2D eigenvalue weighted by atomic mass is 16.5. The summed E-state index contributed by atoms with van der Waals surface area (Å²) in [4.78, 5) is 9.31. The molecule has 0 amide bonds. The van der Waals surface area contributed by atoms with Crippen molar-refractivity contribution in [1.29, 1.82) is 0 Å². The number of nitrogen functional groups attached to an aromatic ring is 1. The van der Waals surface area contributed by atoms with Crippen LogP contribution in [0.25, 0.3) is 22.1 Å². The minimum Gasteiger partial charge on any atom is -0.426 e. The molecule has 3 aromatic carbocycles. The maximum absolute atomic E-state index is 6.02. The molecular formula is C26H27N7O2. The van der Waals surface area contributed by atoms with E-state index in [4.69, 9.17) is 20.2 Å². The lowest BCUT2D eigenvalue weighted by Gasteiger charge is -2.27. The number of rotatable bonds is 7. The lowest BCUT2D eigenvalue weighted by molar-refractivity contribution is 0.0211. The number of benzene rings is 3. The summed E-state index contributed by atoms with van der Waals surface area (Å²) in [5.41, 5.74) is 12.6. The molecule has 5 aromatic rings. The fourth-order valence-corrected chi connectivity index (χ4v) is 4.23. The molecule has 9 heteroatoms. The first kappa shape index (κ1) is 21.3. The molecule has 178 valence electrons. The van der Waals surface area contributed by atoms with E-state index in [-0.39, 0.29) is 0 Å². The molecule has 0 saturated carbocycles. The van der Waals surface area contributed by atoms with E-state index in [2.05, 4.69) is 32.3 Å². The molecule has 4 N–H and O–H groups in total. The van der Waals surface area contributed by atoms with E-state index in [0.29, 0.717) is 24.3 Å². The zero-order valence-corrected chi connectivity index (χ0v) is 19.7. The quantitative estimate of drug-likeness (QED) is 0.306. The van der Waals surface area contributed by atoms with Crippen molar-refractivity contribution in [3.63, 3.8) is 0 Å². The summed E-state index contributed by atoms with van der Waals surface area (Å²) in [5, 5.41) is 6.94. The van der Waals surface area contributed by atoms with Crippen LogP contribution < -0.4 is 21.1 Å². The average molecular weight is 470 g/mol. The number of anilines is 3. The summed E-state index contributed by atoms with van der Waals surface area (Å²) in [6.45, 7) is 2.16. The lowest BCUT2D eigenvalue weighted by Crippen LogP contribution is -2.40. The second-order valence-electron chi connectivity index (χ2n) is 8.88. The summed E-state index contributed by atoms with van der Waals surface area (Å²) in [6.07, 6.45) is 0. The Hall–Kier alpha value is -4.24. The molecule has 9 nitrogen and oxygen atoms in total. The Morgan fingerprint density at radius 1 is 0.943 bits per heavy atom. The van der Waals surface area contributed by atoms with Gasteiger partial charge in [0.1, 0.15) is 5.75 Å². The van der Waals surface area contributed by atoms with Crippen LogP contribution in [0.1, 0.15) is 5.56 Å². The van der Waals surface area contributed by atoms with Crippen molar-refractivity contribution < 1.29 is 9.47 Å². The zero-order valence-electron chi connectivity index (χ0n) is 19.7. The van der Waals surface area contributed by atoms with Crippen molar-refractivity contribution in [2.45, 2.75) is 12.6 Å². The molecule has 0 aliphatic carbocycles. The molecule has 2 aromatic heterocycles. The Balaban J connectivity index is 1.13. The molecule has 35 heavy (non-hydrogen) atoms. The zero-order chi connectivity index (χ0) is 23.9. The summed E-state index contributed by atoms with van der Waals surface area (Å²) in [5.74, 6) is 1.54. The summed E-state index contributed by atoms with van der Waals surface area (Å²) in [6, 6.07) is 20.8. The second-order valence-corrected chi connectivity index (χ2v) is 8.88. The number of hydrogen-bond donors (Lipinski definition) is 3. The van der Waals surface area contributed by atoms with Gasteiger partial charge in [0.25, 0.3) is 0 Å². The standard InChI is InChI=1S/C26H27N7O2/c1-32-24-12-18(29-19-14-34-15-19)6-10-21(24)30-25(32)28-13-16-3-7-20(8-4-16)35-26-31-22-9-5-17(27)11-23(22)33(26)2/h3-12,19,29H,13-15,27H2,1-2H3,(H,28,30). The molecule has 1 aliphatic heterocycles. The molecule has 1 saturated heterocycles. The number of nitrogens with two attached hydrogens (primary N) is 1. The molecular weight excluding hydrogens is 442 g/mol. The summed E-state index contributed by atoms with van der Waals surface area (Å²) in [7, 11) is 3.94. The van der Waals surface area contributed by atoms with E-state index >= 15 is 0 Å². The van der Waals surface area contributed by atoms with Crippen molar-refractivity contribution in [2.75, 3.05) is 29.6 Å². The van der Waals surface area contributed by atoms with Gasteiger partial charge in [-0.3, -0.25) is 4.57 Å². The van der Waals surface area contributed by atoms with Gasteiger partial charge in [-0.2, -0.15) is 4.98 Å². The number of imidazole rings is 2. The van der Waals surface area contributed by atoms with Gasteiger partial charge in [-0.1, -0.05) is 12.1 Å². The van der Waals surface area contributed by atoms with E-state index in [9.17, 15) is 0 Å². The highest BCUT2D eigenvalue weighted by Crippen LogP contribution is 2.27. The number of fused-ring (bicyclic) bond motifs is 2. The van der Waals surface area contributed by atoms with Crippen molar-refractivity contribution in [3.8, 4) is 11.8 Å². The van der Waals surface area contributed by atoms with Crippen LogP contribution in [0.3, 0.4) is 0 Å². The Labute approximate surface area is 202 Å². The molecule has 0 unspecified atom stereocenters. The maximum atomic E-state index is 6.02. The van der Waals surface area contributed by atoms with Gasteiger partial charge in [0.05, 0.1) is 41.3 Å². The topological polar surface area (TPSA) is 104 Å². The van der Waals surface area contributed by atoms with Gasteiger partial charge in [-0.25, -0.2) is 4.98 Å². The van der Waals surface area contributed by atoms with Gasteiger partial charge in [0, 0.05) is 32.0 Å². The van der Waals surface area contributed by atoms with Crippen molar-refractivity contribution >= 4 is 39.4 Å². The minimum atomic E-state index is 0.389. The van der Waals surface area contributed by atoms with E-state index in [0.717, 1.165) is 58.2 Å². The molecule has 1 fully saturated rings. The largest absolute Gasteiger partial charge is 0.426 e. The SMILES string of the molecule is Cn1c(NCc2ccc(Oc3nc4ccc(N)cc4n3C)cc2)nc2ccc(NC3COC3)cc21. The van der Waals surface area contributed by atoms with Crippen LogP contribution in [0.2, 0.25) is 0 Å². The average Bonchev–Trinajstić information content (AvgIpc) is 3.32. The van der Waals surface area contributed by atoms with Crippen LogP contribution in [-0.4, -0.2) is 38.4 Å². The van der Waals surface area contributed by atoms with Crippen LogP contribution >= 0.6 is 0 Å². The lowest BCUT2D eigenvalue weighted by atomic mass is 10.2. The van der Waals surface area contributed by atoms with Crippen molar-refractivity contribution in [1.82, 2.24) is 19.1 Å². The predicted octanol–water partition coefficient (Wildman–Crippen LogP) is 4.26. The number of aromatic nitrogens is 4. The Kier molecular flexibility index (Phi) is 5.18. The molecule has 6 rings (SSSR count). The molecule has 0 radical (unpaired) electrons. The molecule has 0 bridgehead atoms. The van der Waals surface area contributed by atoms with Crippen LogP contribution in [0, 0.1) is 0 Å². The van der Waals surface area contributed by atoms with Gasteiger partial charge in [0.2, 0.25) is 5.95 Å². The molecule has 0 atom stereocenters. The number of ether oxygens (including phenoxy) is 2. The maximum Gasteiger partial charge on any atom is 0.302 e. The first-order chi connectivity index (χ1) is 17.0. The number of aryl methyl sites for hydroxylation is 2. The fourth-order valence-electron chi connectivity index (χ4n) is 4.23. The third kappa shape index (κ3) is 4.10. The Morgan fingerprint density at radius 3 is 2.46 bits per heavy atom. The Bertz CT molecular complexity index is 1520. The van der Waals surface area contributed by atoms with Gasteiger partial charge in [0.15, 0.2) is 0 Å². The number of nitrogens with zero attached hydrogens (tertiary/aromatic N) is 4. The molecule has 1 aliphatic rings. The van der Waals surface area contributed by atoms with E-state index < -0.39 is 0 Å². The van der Waals surface area contributed by atoms with Gasteiger partial charge in [-0.15, -0.1) is 0 Å². The third-order valence-electron chi connectivity index (χ3n) is 6.34. The van der Waals surface area contributed by atoms with Gasteiger partial charge < -0.3 is 30.4 Å². The van der Waals surface area contributed by atoms with Crippen LogP contribution in [-0.2, 0) is 25.4 Å². The molecule has 3 heterocycles. The second kappa shape index (κ2) is 8.52. The van der Waals surface area contributed by atoms with E-state index in [1.54, 1.807) is 0 Å². The number of hydrogen-bond acceptors (Lipinski definition) is 7. The first-order valence-electron chi connectivity index (χ1n) is 11.6. The van der Waals surface area contributed by atoms with Crippen molar-refractivity contribution in [3.05, 3.63) is 66.2 Å². The van der Waals surface area contributed by atoms with Crippen LogP contribution in [0.15, 0.2) is 60.7 Å². The number of nitrogens with one attached hydrogen (secondary N) is 2. The monoisotopic (exact) mass is 469 g/mol. The first-order valence-corrected chi connectivity index (χ1v) is 11.6. The summed E-state index contributed by atoms with van der Waals surface area (Å²) >= 11 is 0. The fraction of sp³-hybridized carbons (Fsp3) is 0.231. The highest BCUT2D eigenvalue weighted by molar-refractivity contribution is 5.82. The van der Waals surface area contributed by atoms with E-state index in [1.807, 2.05) is 67.2 Å². The Morgan fingerprint density at radius 2 is 1.69 bits per heavy atom. The van der Waals surface area contributed by atoms with Crippen LogP contribution in [0.5, 0.6) is 11.8 Å². The van der Waals surface area contributed by atoms with Gasteiger partial charge in [-0.05, 0) is 54.1 Å². The smallest absolute Gasteiger partial charge is 0.302 e. The van der Waals surface area contributed by atoms with Crippen LogP contribution in [0.4, 0.5) is 17.3 Å². The van der Waals surface area contributed by atoms with Gasteiger partial charge >= 0.3 is 6.01 Å². The predicted molar refractivity (Wildman–Crippen MR) is 138 cm³/mol. The normalized spacial score (nSPS) is 13.8. The molecule has 0 spiro atoms. The summed E-state index contributed by atoms with van der Waals surface area (Å²) < 4.78 is 15.2. The third-order valence-corrected chi connectivity index (χ3v) is 6.34. The minimum absolute atomic E-state index is 0.389. The van der Waals surface area contributed by atoms with E-state index in [1.165, 1.54) is 0 Å².